The lowest BCUT2D eigenvalue weighted by molar-refractivity contribution is 0.575. The first-order chi connectivity index (χ1) is 9.78. The van der Waals surface area contributed by atoms with Gasteiger partial charge in [0.15, 0.2) is 0 Å². The summed E-state index contributed by atoms with van der Waals surface area (Å²) >= 11 is 0. The number of hydrogen-bond acceptors (Lipinski definition) is 5. The summed E-state index contributed by atoms with van der Waals surface area (Å²) in [6, 6.07) is 7.53. The summed E-state index contributed by atoms with van der Waals surface area (Å²) in [6.07, 6.45) is 3.89. The van der Waals surface area contributed by atoms with Gasteiger partial charge in [-0.3, -0.25) is 9.67 Å². The molecular formula is C14H16N6. The van der Waals surface area contributed by atoms with E-state index in [0.717, 1.165) is 29.1 Å². The second-order valence-corrected chi connectivity index (χ2v) is 4.59. The van der Waals surface area contributed by atoms with Gasteiger partial charge < -0.3 is 5.73 Å². The Bertz CT molecular complexity index is 720. The standard InChI is InChI=1S/C14H16N6/c1-2-20-14(17-9-18-20)7-10(15)13-8-16-11-5-3-4-6-12(11)19-13/h3-6,8-10H,2,7,15H2,1H3. The number of hydrogen-bond donors (Lipinski definition) is 1. The first-order valence-corrected chi connectivity index (χ1v) is 6.62. The van der Waals surface area contributed by atoms with Crippen LogP contribution in [-0.2, 0) is 13.0 Å². The molecule has 0 fully saturated rings. The van der Waals surface area contributed by atoms with Crippen LogP contribution >= 0.6 is 0 Å². The van der Waals surface area contributed by atoms with E-state index in [0.29, 0.717) is 6.42 Å². The lowest BCUT2D eigenvalue weighted by Crippen LogP contribution is -2.18. The third-order valence-electron chi connectivity index (χ3n) is 3.24. The molecule has 1 unspecified atom stereocenters. The van der Waals surface area contributed by atoms with Crippen LogP contribution in [0.1, 0.15) is 24.5 Å². The van der Waals surface area contributed by atoms with Crippen LogP contribution < -0.4 is 5.73 Å². The van der Waals surface area contributed by atoms with Gasteiger partial charge in [-0.2, -0.15) is 5.10 Å². The maximum absolute atomic E-state index is 6.22. The number of nitrogens with zero attached hydrogens (tertiary/aromatic N) is 5. The molecule has 0 bridgehead atoms. The maximum atomic E-state index is 6.22. The van der Waals surface area contributed by atoms with Crippen LogP contribution in [0.3, 0.4) is 0 Å². The highest BCUT2D eigenvalue weighted by Gasteiger charge is 2.13. The smallest absolute Gasteiger partial charge is 0.138 e. The molecular weight excluding hydrogens is 252 g/mol. The number of rotatable bonds is 4. The molecule has 102 valence electrons. The van der Waals surface area contributed by atoms with E-state index in [1.807, 2.05) is 35.9 Å². The highest BCUT2D eigenvalue weighted by molar-refractivity contribution is 5.73. The quantitative estimate of drug-likeness (QED) is 0.775. The third-order valence-corrected chi connectivity index (χ3v) is 3.24. The van der Waals surface area contributed by atoms with Gasteiger partial charge in [0.2, 0.25) is 0 Å². The molecule has 0 spiro atoms. The number of aromatic nitrogens is 5. The molecule has 2 aromatic heterocycles. The van der Waals surface area contributed by atoms with Crippen LogP contribution in [0.5, 0.6) is 0 Å². The van der Waals surface area contributed by atoms with E-state index in [1.54, 1.807) is 12.5 Å². The van der Waals surface area contributed by atoms with Crippen molar-refractivity contribution in [2.24, 2.45) is 5.73 Å². The Kier molecular flexibility index (Phi) is 3.39. The highest BCUT2D eigenvalue weighted by Crippen LogP contribution is 2.15. The first-order valence-electron chi connectivity index (χ1n) is 6.62. The molecule has 0 saturated carbocycles. The molecule has 0 amide bonds. The molecule has 3 aromatic rings. The molecule has 0 aliphatic rings. The van der Waals surface area contributed by atoms with Gasteiger partial charge in [-0.15, -0.1) is 0 Å². The molecule has 1 atom stereocenters. The summed E-state index contributed by atoms with van der Waals surface area (Å²) in [5.41, 5.74) is 8.72. The Morgan fingerprint density at radius 3 is 2.80 bits per heavy atom. The van der Waals surface area contributed by atoms with E-state index in [-0.39, 0.29) is 6.04 Å². The van der Waals surface area contributed by atoms with E-state index < -0.39 is 0 Å². The van der Waals surface area contributed by atoms with Gasteiger partial charge >= 0.3 is 0 Å². The van der Waals surface area contributed by atoms with Crippen LogP contribution in [-0.4, -0.2) is 24.7 Å². The summed E-state index contributed by atoms with van der Waals surface area (Å²) in [5, 5.41) is 4.15. The number of nitrogens with two attached hydrogens (primary N) is 1. The van der Waals surface area contributed by atoms with Gasteiger partial charge in [-0.1, -0.05) is 12.1 Å². The van der Waals surface area contributed by atoms with Gasteiger partial charge in [0.05, 0.1) is 29.0 Å². The van der Waals surface area contributed by atoms with Crippen molar-refractivity contribution in [3.05, 3.63) is 48.3 Å². The Labute approximate surface area is 116 Å². The zero-order valence-electron chi connectivity index (χ0n) is 11.3. The van der Waals surface area contributed by atoms with Gasteiger partial charge in [0.25, 0.3) is 0 Å². The molecule has 1 aromatic carbocycles. The van der Waals surface area contributed by atoms with Crippen molar-refractivity contribution in [2.75, 3.05) is 0 Å². The van der Waals surface area contributed by atoms with Crippen molar-refractivity contribution in [3.8, 4) is 0 Å². The minimum atomic E-state index is -0.235. The zero-order valence-corrected chi connectivity index (χ0v) is 11.3. The molecule has 0 radical (unpaired) electrons. The summed E-state index contributed by atoms with van der Waals surface area (Å²) in [6.45, 7) is 2.81. The second kappa shape index (κ2) is 5.34. The van der Waals surface area contributed by atoms with Gasteiger partial charge in [0, 0.05) is 13.0 Å². The van der Waals surface area contributed by atoms with E-state index in [2.05, 4.69) is 20.1 Å². The van der Waals surface area contributed by atoms with Crippen LogP contribution in [0.4, 0.5) is 0 Å². The van der Waals surface area contributed by atoms with E-state index in [4.69, 9.17) is 5.73 Å². The van der Waals surface area contributed by atoms with Crippen LogP contribution in [0.25, 0.3) is 11.0 Å². The predicted molar refractivity (Wildman–Crippen MR) is 75.9 cm³/mol. The van der Waals surface area contributed by atoms with Gasteiger partial charge in [0.1, 0.15) is 12.2 Å². The summed E-state index contributed by atoms with van der Waals surface area (Å²) in [5.74, 6) is 0.870. The van der Waals surface area contributed by atoms with Gasteiger partial charge in [-0.05, 0) is 19.1 Å². The average molecular weight is 268 g/mol. The molecule has 6 heteroatoms. The van der Waals surface area contributed by atoms with Crippen molar-refractivity contribution < 1.29 is 0 Å². The Morgan fingerprint density at radius 2 is 2.00 bits per heavy atom. The SMILES string of the molecule is CCn1ncnc1CC(N)c1cnc2ccccc2n1. The zero-order chi connectivity index (χ0) is 13.9. The number of fused-ring (bicyclic) bond motifs is 1. The second-order valence-electron chi connectivity index (χ2n) is 4.59. The van der Waals surface area contributed by atoms with Crippen molar-refractivity contribution in [1.29, 1.82) is 0 Å². The minimum Gasteiger partial charge on any atom is -0.322 e. The lowest BCUT2D eigenvalue weighted by Gasteiger charge is -2.11. The fourth-order valence-electron chi connectivity index (χ4n) is 2.16. The number of para-hydroxylation sites is 2. The van der Waals surface area contributed by atoms with Gasteiger partial charge in [-0.25, -0.2) is 9.97 Å². The van der Waals surface area contributed by atoms with Crippen molar-refractivity contribution in [2.45, 2.75) is 25.9 Å². The van der Waals surface area contributed by atoms with Crippen molar-refractivity contribution >= 4 is 11.0 Å². The predicted octanol–water partition coefficient (Wildman–Crippen LogP) is 1.48. The monoisotopic (exact) mass is 268 g/mol. The summed E-state index contributed by atoms with van der Waals surface area (Å²) < 4.78 is 1.84. The van der Waals surface area contributed by atoms with Crippen molar-refractivity contribution in [1.82, 2.24) is 24.7 Å². The number of benzene rings is 1. The molecule has 6 nitrogen and oxygen atoms in total. The molecule has 0 saturated heterocycles. The first kappa shape index (κ1) is 12.7. The Morgan fingerprint density at radius 1 is 1.20 bits per heavy atom. The molecule has 0 aliphatic carbocycles. The van der Waals surface area contributed by atoms with E-state index >= 15 is 0 Å². The average Bonchev–Trinajstić information content (AvgIpc) is 2.94. The van der Waals surface area contributed by atoms with Crippen LogP contribution in [0, 0.1) is 0 Å². The molecule has 0 aliphatic heterocycles. The van der Waals surface area contributed by atoms with Crippen LogP contribution in [0.15, 0.2) is 36.8 Å². The normalized spacial score (nSPS) is 12.7. The minimum absolute atomic E-state index is 0.235. The molecule has 2 heterocycles. The van der Waals surface area contributed by atoms with Crippen molar-refractivity contribution in [3.63, 3.8) is 0 Å². The largest absolute Gasteiger partial charge is 0.322 e. The number of aryl methyl sites for hydroxylation is 1. The summed E-state index contributed by atoms with van der Waals surface area (Å²) in [4.78, 5) is 13.2. The molecule has 2 N–H and O–H groups in total. The Hall–Kier alpha value is -2.34. The Balaban J connectivity index is 1.86. The maximum Gasteiger partial charge on any atom is 0.138 e. The van der Waals surface area contributed by atoms with E-state index in [9.17, 15) is 0 Å². The summed E-state index contributed by atoms with van der Waals surface area (Å²) in [7, 11) is 0. The topological polar surface area (TPSA) is 82.5 Å². The molecule has 20 heavy (non-hydrogen) atoms. The third kappa shape index (κ3) is 2.37. The van der Waals surface area contributed by atoms with Crippen LogP contribution in [0.2, 0.25) is 0 Å². The molecule has 3 rings (SSSR count). The lowest BCUT2D eigenvalue weighted by atomic mass is 10.1. The fraction of sp³-hybridized carbons (Fsp3) is 0.286. The fourth-order valence-corrected chi connectivity index (χ4v) is 2.16. The highest BCUT2D eigenvalue weighted by atomic mass is 15.3. The van der Waals surface area contributed by atoms with E-state index in [1.165, 1.54) is 0 Å².